The second-order valence-corrected chi connectivity index (χ2v) is 18.4. The van der Waals surface area contributed by atoms with Gasteiger partial charge >= 0.3 is 19.8 Å². The molecule has 366 valence electrons. The van der Waals surface area contributed by atoms with Crippen LogP contribution in [0.1, 0.15) is 194 Å². The number of unbranched alkanes of at least 4 members (excludes halogenated alkanes) is 23. The standard InChI is InChI=1S/C49H87O13P/c1-3-5-7-9-11-13-15-17-19-20-21-22-24-25-27-29-31-33-35-37-42(50)59-39-41(40-60-63(57,58)62-49-47(55)45(53)44(52)46(54)48(49)56)61-43(51)38-36-34-32-30-28-26-23-18-16-14-12-10-8-6-4-2/h6,8,10,12,14,16,18,23,41,44-49,52-56H,3-5,7,9,11,13,15,17,19-22,24-40H2,1-2H3,(H,57,58)/b8-6+,12-10+,16-14+,23-18+/t41-,44?,45-,46?,47?,48?,49?/m0/s1. The van der Waals surface area contributed by atoms with E-state index in [1.165, 1.54) is 96.3 Å². The molecule has 6 unspecified atom stereocenters. The number of phosphoric ester groups is 1. The topological polar surface area (TPSA) is 210 Å². The number of allylic oxidation sites excluding steroid dienone is 8. The first-order chi connectivity index (χ1) is 30.4. The highest BCUT2D eigenvalue weighted by molar-refractivity contribution is 7.47. The highest BCUT2D eigenvalue weighted by Gasteiger charge is 2.51. The maximum Gasteiger partial charge on any atom is 0.472 e. The van der Waals surface area contributed by atoms with Gasteiger partial charge in [-0.2, -0.15) is 0 Å². The second kappa shape index (κ2) is 39.0. The molecule has 0 radical (unpaired) electrons. The van der Waals surface area contributed by atoms with Gasteiger partial charge in [-0.1, -0.05) is 197 Å². The van der Waals surface area contributed by atoms with Gasteiger partial charge in [0, 0.05) is 12.8 Å². The van der Waals surface area contributed by atoms with Crippen LogP contribution in [0.4, 0.5) is 0 Å². The van der Waals surface area contributed by atoms with Gasteiger partial charge in [-0.05, 0) is 32.1 Å². The van der Waals surface area contributed by atoms with Crippen LogP contribution in [-0.4, -0.2) is 98.3 Å². The minimum atomic E-state index is -5.13. The molecule has 0 aromatic heterocycles. The lowest BCUT2D eigenvalue weighted by Crippen LogP contribution is -2.64. The minimum absolute atomic E-state index is 0.0707. The molecule has 0 amide bonds. The number of ether oxygens (including phenoxy) is 2. The fraction of sp³-hybridized carbons (Fsp3) is 0.796. The van der Waals surface area contributed by atoms with E-state index < -0.39 is 75.7 Å². The number of carbonyl (C=O) groups is 2. The van der Waals surface area contributed by atoms with Gasteiger partial charge in [0.25, 0.3) is 0 Å². The van der Waals surface area contributed by atoms with Crippen molar-refractivity contribution in [3.8, 4) is 0 Å². The SMILES string of the molecule is CC/C=C/C=C/C=C/C=C/CCCCCCCC(=O)O[C@@H](COC(=O)CCCCCCCCCCCCCCCCCCCCC)COP(=O)(O)OC1C(O)C(O)C(O)[C@H](O)C1O. The quantitative estimate of drug-likeness (QED) is 0.0147. The molecule has 1 aliphatic carbocycles. The normalized spacial score (nSPS) is 22.1. The Morgan fingerprint density at radius 1 is 0.508 bits per heavy atom. The summed E-state index contributed by atoms with van der Waals surface area (Å²) < 4.78 is 33.6. The Kier molecular flexibility index (Phi) is 36.4. The summed E-state index contributed by atoms with van der Waals surface area (Å²) in [5.74, 6) is -1.12. The fourth-order valence-electron chi connectivity index (χ4n) is 7.36. The Labute approximate surface area is 380 Å². The van der Waals surface area contributed by atoms with Crippen molar-refractivity contribution in [2.75, 3.05) is 13.2 Å². The number of esters is 2. The predicted octanol–water partition coefficient (Wildman–Crippen LogP) is 9.95. The van der Waals surface area contributed by atoms with E-state index in [4.69, 9.17) is 18.5 Å². The van der Waals surface area contributed by atoms with Crippen molar-refractivity contribution in [2.45, 2.75) is 236 Å². The molecule has 63 heavy (non-hydrogen) atoms. The Morgan fingerprint density at radius 3 is 1.38 bits per heavy atom. The average Bonchev–Trinajstić information content (AvgIpc) is 3.26. The van der Waals surface area contributed by atoms with Gasteiger partial charge in [-0.15, -0.1) is 0 Å². The van der Waals surface area contributed by atoms with Crippen LogP contribution < -0.4 is 0 Å². The summed E-state index contributed by atoms with van der Waals surface area (Å²) in [6.45, 7) is 3.16. The molecule has 0 aromatic carbocycles. The van der Waals surface area contributed by atoms with Gasteiger partial charge in [-0.3, -0.25) is 18.6 Å². The third-order valence-corrected chi connectivity index (χ3v) is 12.3. The lowest BCUT2D eigenvalue weighted by molar-refractivity contribution is -0.220. The molecule has 0 aliphatic heterocycles. The Morgan fingerprint density at radius 2 is 0.905 bits per heavy atom. The molecule has 13 nitrogen and oxygen atoms in total. The highest BCUT2D eigenvalue weighted by Crippen LogP contribution is 2.47. The first-order valence-corrected chi connectivity index (χ1v) is 26.0. The number of aliphatic hydroxyl groups is 5. The predicted molar refractivity (Wildman–Crippen MR) is 249 cm³/mol. The van der Waals surface area contributed by atoms with Crippen LogP contribution >= 0.6 is 7.82 Å². The van der Waals surface area contributed by atoms with E-state index in [2.05, 4.69) is 26.0 Å². The fourth-order valence-corrected chi connectivity index (χ4v) is 8.33. The molecular formula is C49H87O13P. The summed E-state index contributed by atoms with van der Waals surface area (Å²) in [5.41, 5.74) is 0. The summed E-state index contributed by atoms with van der Waals surface area (Å²) in [7, 11) is -5.13. The van der Waals surface area contributed by atoms with E-state index >= 15 is 0 Å². The number of phosphoric acid groups is 1. The van der Waals surface area contributed by atoms with E-state index in [9.17, 15) is 44.6 Å². The highest BCUT2D eigenvalue weighted by atomic mass is 31.2. The maximum absolute atomic E-state index is 12.8. The number of hydrogen-bond donors (Lipinski definition) is 6. The van der Waals surface area contributed by atoms with Crippen LogP contribution in [0.25, 0.3) is 0 Å². The summed E-state index contributed by atoms with van der Waals surface area (Å²) in [5, 5.41) is 50.2. The molecule has 1 aliphatic rings. The molecule has 6 N–H and O–H groups in total. The molecular weight excluding hydrogens is 828 g/mol. The van der Waals surface area contributed by atoms with Crippen LogP contribution in [0.3, 0.4) is 0 Å². The van der Waals surface area contributed by atoms with Crippen molar-refractivity contribution < 1.29 is 63.1 Å². The zero-order valence-corrected chi connectivity index (χ0v) is 39.8. The summed E-state index contributed by atoms with van der Waals surface area (Å²) in [6, 6.07) is 0. The van der Waals surface area contributed by atoms with Gasteiger partial charge in [0.1, 0.15) is 43.2 Å². The van der Waals surface area contributed by atoms with Crippen LogP contribution in [0.2, 0.25) is 0 Å². The molecule has 1 fully saturated rings. The van der Waals surface area contributed by atoms with E-state index in [-0.39, 0.29) is 12.8 Å². The maximum atomic E-state index is 12.8. The van der Waals surface area contributed by atoms with Gasteiger partial charge in [-0.25, -0.2) is 4.57 Å². The van der Waals surface area contributed by atoms with Crippen molar-refractivity contribution in [3.05, 3.63) is 48.6 Å². The van der Waals surface area contributed by atoms with Gasteiger partial charge < -0.3 is 39.9 Å². The average molecular weight is 915 g/mol. The van der Waals surface area contributed by atoms with Crippen molar-refractivity contribution in [1.82, 2.24) is 0 Å². The zero-order chi connectivity index (χ0) is 46.4. The van der Waals surface area contributed by atoms with E-state index in [1.54, 1.807) is 0 Å². The second-order valence-electron chi connectivity index (χ2n) is 17.0. The lowest BCUT2D eigenvalue weighted by atomic mass is 9.85. The van der Waals surface area contributed by atoms with E-state index in [0.717, 1.165) is 57.8 Å². The lowest BCUT2D eigenvalue weighted by Gasteiger charge is -2.41. The molecule has 14 heteroatoms. The number of rotatable bonds is 40. The van der Waals surface area contributed by atoms with Crippen molar-refractivity contribution in [2.24, 2.45) is 0 Å². The van der Waals surface area contributed by atoms with Crippen molar-refractivity contribution >= 4 is 19.8 Å². The van der Waals surface area contributed by atoms with Crippen LogP contribution in [-0.2, 0) is 32.7 Å². The Balaban J connectivity index is 2.42. The van der Waals surface area contributed by atoms with E-state index in [0.29, 0.717) is 12.8 Å². The molecule has 0 bridgehead atoms. The number of aliphatic hydroxyl groups excluding tert-OH is 5. The van der Waals surface area contributed by atoms with Gasteiger partial charge in [0.15, 0.2) is 6.10 Å². The van der Waals surface area contributed by atoms with Crippen molar-refractivity contribution in [1.29, 1.82) is 0 Å². The summed E-state index contributed by atoms with van der Waals surface area (Å²) in [4.78, 5) is 35.8. The molecule has 0 saturated heterocycles. The first-order valence-electron chi connectivity index (χ1n) is 24.5. The number of carbonyl (C=O) groups excluding carboxylic acids is 2. The van der Waals surface area contributed by atoms with Crippen LogP contribution in [0.5, 0.6) is 0 Å². The third-order valence-electron chi connectivity index (χ3n) is 11.3. The molecule has 0 aromatic rings. The van der Waals surface area contributed by atoms with Gasteiger partial charge in [0.05, 0.1) is 6.61 Å². The van der Waals surface area contributed by atoms with Crippen LogP contribution in [0, 0.1) is 0 Å². The molecule has 0 spiro atoms. The van der Waals surface area contributed by atoms with E-state index in [1.807, 2.05) is 36.5 Å². The third kappa shape index (κ3) is 31.4. The summed E-state index contributed by atoms with van der Waals surface area (Å²) >= 11 is 0. The zero-order valence-electron chi connectivity index (χ0n) is 38.9. The summed E-state index contributed by atoms with van der Waals surface area (Å²) in [6.07, 6.45) is 33.1. The van der Waals surface area contributed by atoms with Crippen molar-refractivity contribution in [3.63, 3.8) is 0 Å². The largest absolute Gasteiger partial charge is 0.472 e. The Hall–Kier alpha value is -2.19. The number of hydrogen-bond acceptors (Lipinski definition) is 12. The molecule has 1 rings (SSSR count). The molecule has 1 saturated carbocycles. The smallest absolute Gasteiger partial charge is 0.462 e. The van der Waals surface area contributed by atoms with Gasteiger partial charge in [0.2, 0.25) is 0 Å². The minimum Gasteiger partial charge on any atom is -0.462 e. The molecule has 0 heterocycles. The Bertz CT molecular complexity index is 1290. The molecule has 8 atom stereocenters. The first kappa shape index (κ1) is 58.8. The van der Waals surface area contributed by atoms with Crippen LogP contribution in [0.15, 0.2) is 48.6 Å². The monoisotopic (exact) mass is 915 g/mol.